The number of rotatable bonds is 7. The predicted octanol–water partition coefficient (Wildman–Crippen LogP) is -0.219. The number of aromatic hydroxyl groups is 3. The fourth-order valence-electron chi connectivity index (χ4n) is 3.78. The largest absolute Gasteiger partial charge is 0.508 e. The second-order valence-corrected chi connectivity index (χ2v) is 8.38. The summed E-state index contributed by atoms with van der Waals surface area (Å²) in [5.41, 5.74) is -0.609. The Hall–Kier alpha value is -4.37. The Morgan fingerprint density at radius 1 is 0.921 bits per heavy atom. The normalized spacial score (nSPS) is 23.2. The zero-order valence-corrected chi connectivity index (χ0v) is 19.3. The first-order chi connectivity index (χ1) is 17.9. The zero-order valence-electron chi connectivity index (χ0n) is 19.3. The number of carbonyl (C=O) groups excluding carboxylic acids is 1. The van der Waals surface area contributed by atoms with E-state index in [1.807, 2.05) is 0 Å². The Morgan fingerprint density at radius 2 is 1.66 bits per heavy atom. The molecule has 4 rings (SSSR count). The fourth-order valence-corrected chi connectivity index (χ4v) is 3.78. The number of ether oxygens (including phenoxy) is 3. The molecule has 14 nitrogen and oxygen atoms in total. The van der Waals surface area contributed by atoms with Gasteiger partial charge in [0.1, 0.15) is 65.7 Å². The van der Waals surface area contributed by atoms with Crippen LogP contribution in [0.5, 0.6) is 23.0 Å². The van der Waals surface area contributed by atoms with Gasteiger partial charge in [-0.2, -0.15) is 0 Å². The van der Waals surface area contributed by atoms with Crippen LogP contribution < -0.4 is 10.2 Å². The highest BCUT2D eigenvalue weighted by Crippen LogP contribution is 2.35. The molecule has 38 heavy (non-hydrogen) atoms. The fraction of sp³-hybridized carbons (Fsp3) is 0.292. The molecule has 1 saturated heterocycles. The van der Waals surface area contributed by atoms with Crippen LogP contribution in [0.15, 0.2) is 45.6 Å². The molecular weight excluding hydrogens is 512 g/mol. The van der Waals surface area contributed by atoms with Gasteiger partial charge in [-0.05, 0) is 18.2 Å². The predicted molar refractivity (Wildman–Crippen MR) is 123 cm³/mol. The van der Waals surface area contributed by atoms with Crippen molar-refractivity contribution in [3.05, 3.63) is 46.6 Å². The molecule has 0 aliphatic carbocycles. The molecule has 0 spiro atoms. The maximum atomic E-state index is 13.0. The number of esters is 1. The first-order valence-electron chi connectivity index (χ1n) is 11.0. The lowest BCUT2D eigenvalue weighted by Gasteiger charge is -2.39. The van der Waals surface area contributed by atoms with Crippen LogP contribution in [0.1, 0.15) is 6.42 Å². The highest BCUT2D eigenvalue weighted by Gasteiger charge is 2.45. The second kappa shape index (κ2) is 10.5. The van der Waals surface area contributed by atoms with E-state index in [0.29, 0.717) is 0 Å². The molecule has 3 aromatic rings. The number of carboxylic acids is 1. The Kier molecular flexibility index (Phi) is 7.41. The van der Waals surface area contributed by atoms with E-state index in [0.717, 1.165) is 24.3 Å². The number of hydrogen-bond acceptors (Lipinski definition) is 13. The van der Waals surface area contributed by atoms with E-state index in [1.165, 1.54) is 12.1 Å². The van der Waals surface area contributed by atoms with E-state index >= 15 is 0 Å². The summed E-state index contributed by atoms with van der Waals surface area (Å²) < 4.78 is 21.4. The number of fused-ring (bicyclic) bond motifs is 1. The van der Waals surface area contributed by atoms with Crippen LogP contribution in [0.4, 0.5) is 0 Å². The van der Waals surface area contributed by atoms with Crippen molar-refractivity contribution in [1.29, 1.82) is 0 Å². The van der Waals surface area contributed by atoms with Gasteiger partial charge in [0.25, 0.3) is 0 Å². The van der Waals surface area contributed by atoms with Crippen LogP contribution in [0.3, 0.4) is 0 Å². The number of benzene rings is 2. The molecule has 2 aromatic carbocycles. The summed E-state index contributed by atoms with van der Waals surface area (Å²) in [5, 5.41) is 68.7. The van der Waals surface area contributed by atoms with Crippen molar-refractivity contribution in [3.63, 3.8) is 0 Å². The summed E-state index contributed by atoms with van der Waals surface area (Å²) >= 11 is 0. The smallest absolute Gasteiger partial charge is 0.317 e. The molecule has 1 aliphatic heterocycles. The molecule has 1 aromatic heterocycles. The van der Waals surface area contributed by atoms with Gasteiger partial charge in [0.05, 0.1) is 0 Å². The van der Waals surface area contributed by atoms with Gasteiger partial charge in [0, 0.05) is 23.8 Å². The molecule has 5 atom stereocenters. The molecule has 1 fully saturated rings. The standard InChI is InChI=1S/C24H22O14/c25-10-4-15-20(13(28)6-14(36-15)9-1-2-11(26)12(27)3-9)16(5-10)37-24-23(34)22(33)21(32)17(38-24)8-35-19(31)7-18(29)30/h1-6,17,21-27,32-34H,7-8H2,(H,29,30)/t17-,21-,22+,23-,24-/m1/s1. The third kappa shape index (κ3) is 5.47. The quantitative estimate of drug-likeness (QED) is 0.118. The maximum Gasteiger partial charge on any atom is 0.317 e. The number of carboxylic acid groups (broad SMARTS) is 1. The van der Waals surface area contributed by atoms with Crippen molar-refractivity contribution >= 4 is 22.9 Å². The lowest BCUT2D eigenvalue weighted by Crippen LogP contribution is -2.60. The van der Waals surface area contributed by atoms with Gasteiger partial charge in [0.15, 0.2) is 16.9 Å². The Bertz CT molecular complexity index is 1430. The minimum absolute atomic E-state index is 0.0231. The van der Waals surface area contributed by atoms with E-state index in [2.05, 4.69) is 0 Å². The first-order valence-corrected chi connectivity index (χ1v) is 11.0. The van der Waals surface area contributed by atoms with Gasteiger partial charge in [-0.25, -0.2) is 0 Å². The van der Waals surface area contributed by atoms with Crippen molar-refractivity contribution in [1.82, 2.24) is 0 Å². The number of phenolic OH excluding ortho intramolecular Hbond substituents is 3. The number of aliphatic carboxylic acids is 1. The van der Waals surface area contributed by atoms with Gasteiger partial charge in [-0.1, -0.05) is 0 Å². The Balaban J connectivity index is 1.63. The highest BCUT2D eigenvalue weighted by molar-refractivity contribution is 5.90. The maximum absolute atomic E-state index is 13.0. The van der Waals surface area contributed by atoms with Crippen molar-refractivity contribution < 1.29 is 64.0 Å². The van der Waals surface area contributed by atoms with Gasteiger partial charge in [-0.15, -0.1) is 0 Å². The van der Waals surface area contributed by atoms with E-state index < -0.39 is 78.3 Å². The van der Waals surface area contributed by atoms with E-state index in [4.69, 9.17) is 23.7 Å². The first kappa shape index (κ1) is 26.7. The summed E-state index contributed by atoms with van der Waals surface area (Å²) in [7, 11) is 0. The zero-order chi connectivity index (χ0) is 27.7. The van der Waals surface area contributed by atoms with Gasteiger partial charge in [-0.3, -0.25) is 14.4 Å². The average molecular weight is 534 g/mol. The molecule has 14 heteroatoms. The summed E-state index contributed by atoms with van der Waals surface area (Å²) in [6.45, 7) is -0.692. The lowest BCUT2D eigenvalue weighted by molar-refractivity contribution is -0.278. The summed E-state index contributed by atoms with van der Waals surface area (Å²) in [6.07, 6.45) is -9.62. The third-order valence-corrected chi connectivity index (χ3v) is 5.65. The Morgan fingerprint density at radius 3 is 2.34 bits per heavy atom. The number of aliphatic hydroxyl groups is 3. The number of phenols is 3. The van der Waals surface area contributed by atoms with Crippen LogP contribution in [-0.4, -0.2) is 85.0 Å². The van der Waals surface area contributed by atoms with Crippen LogP contribution in [0.25, 0.3) is 22.3 Å². The van der Waals surface area contributed by atoms with Gasteiger partial charge >= 0.3 is 11.9 Å². The topological polar surface area (TPSA) is 234 Å². The van der Waals surface area contributed by atoms with Crippen molar-refractivity contribution in [2.24, 2.45) is 0 Å². The van der Waals surface area contributed by atoms with E-state index in [9.17, 15) is 45.0 Å². The van der Waals surface area contributed by atoms with Crippen LogP contribution >= 0.6 is 0 Å². The van der Waals surface area contributed by atoms with Crippen molar-refractivity contribution in [2.45, 2.75) is 37.1 Å². The van der Waals surface area contributed by atoms with Crippen LogP contribution in [0.2, 0.25) is 0 Å². The molecule has 2 heterocycles. The summed E-state index contributed by atoms with van der Waals surface area (Å²) in [5.74, 6) is -4.21. The summed E-state index contributed by atoms with van der Waals surface area (Å²) in [4.78, 5) is 35.1. The minimum atomic E-state index is -1.86. The van der Waals surface area contributed by atoms with Crippen molar-refractivity contribution in [3.8, 4) is 34.3 Å². The van der Waals surface area contributed by atoms with E-state index in [-0.39, 0.29) is 28.0 Å². The van der Waals surface area contributed by atoms with Crippen LogP contribution in [-0.2, 0) is 19.1 Å². The molecule has 0 radical (unpaired) electrons. The van der Waals surface area contributed by atoms with Crippen molar-refractivity contribution in [2.75, 3.05) is 6.61 Å². The second-order valence-electron chi connectivity index (χ2n) is 8.38. The van der Waals surface area contributed by atoms with E-state index in [1.54, 1.807) is 0 Å². The molecule has 0 bridgehead atoms. The molecular formula is C24H22O14. The minimum Gasteiger partial charge on any atom is -0.508 e. The number of hydrogen-bond donors (Lipinski definition) is 7. The summed E-state index contributed by atoms with van der Waals surface area (Å²) in [6, 6.07) is 6.89. The molecule has 0 amide bonds. The van der Waals surface area contributed by atoms with Crippen LogP contribution in [0, 0.1) is 0 Å². The number of aliphatic hydroxyl groups excluding tert-OH is 3. The van der Waals surface area contributed by atoms with Gasteiger partial charge in [0.2, 0.25) is 6.29 Å². The molecule has 0 unspecified atom stereocenters. The Labute approximate surface area is 212 Å². The highest BCUT2D eigenvalue weighted by atomic mass is 16.7. The average Bonchev–Trinajstić information content (AvgIpc) is 2.84. The third-order valence-electron chi connectivity index (χ3n) is 5.65. The monoisotopic (exact) mass is 534 g/mol. The SMILES string of the molecule is O=C(O)CC(=O)OC[C@H]1O[C@@H](Oc2cc(O)cc3oc(-c4ccc(O)c(O)c4)cc(=O)c23)[C@H](O)[C@@H](O)[C@@H]1O. The number of carbonyl (C=O) groups is 2. The molecule has 1 aliphatic rings. The van der Waals surface area contributed by atoms with Gasteiger partial charge < -0.3 is 54.4 Å². The lowest BCUT2D eigenvalue weighted by atomic mass is 9.99. The molecule has 7 N–H and O–H groups in total. The molecule has 0 saturated carbocycles. The molecule has 202 valence electrons.